The van der Waals surface area contributed by atoms with E-state index in [9.17, 15) is 9.59 Å². The Bertz CT molecular complexity index is 870. The van der Waals surface area contributed by atoms with Crippen molar-refractivity contribution in [3.8, 4) is 0 Å². The van der Waals surface area contributed by atoms with E-state index in [4.69, 9.17) is 4.74 Å². The zero-order chi connectivity index (χ0) is 19.9. The van der Waals surface area contributed by atoms with Crippen molar-refractivity contribution >= 4 is 33.7 Å². The lowest BCUT2D eigenvalue weighted by molar-refractivity contribution is -0.117. The van der Waals surface area contributed by atoms with Crippen LogP contribution in [0, 0.1) is 0 Å². The highest BCUT2D eigenvalue weighted by molar-refractivity contribution is 9.10. The molecular weight excluding hydrogens is 422 g/mol. The van der Waals surface area contributed by atoms with Gasteiger partial charge in [-0.2, -0.15) is 0 Å². The average molecular weight is 444 g/mol. The summed E-state index contributed by atoms with van der Waals surface area (Å²) in [7, 11) is 1.71. The molecule has 1 aliphatic heterocycles. The number of carbonyl (C=O) groups is 2. The first-order valence-corrected chi connectivity index (χ1v) is 9.84. The number of hydrogen-bond donors (Lipinski definition) is 0. The molecule has 0 spiro atoms. The Labute approximate surface area is 172 Å². The molecule has 7 heteroatoms. The van der Waals surface area contributed by atoms with Gasteiger partial charge in [-0.3, -0.25) is 9.69 Å². The van der Waals surface area contributed by atoms with Gasteiger partial charge in [0.05, 0.1) is 4.47 Å². The minimum Gasteiger partial charge on any atom is -0.445 e. The maximum atomic E-state index is 12.6. The Balaban J connectivity index is 1.50. The van der Waals surface area contributed by atoms with Crippen LogP contribution < -0.4 is 4.90 Å². The molecule has 1 aromatic carbocycles. The van der Waals surface area contributed by atoms with Crippen LogP contribution in [0.2, 0.25) is 0 Å². The number of rotatable bonds is 5. The molecular formula is C21H22BrN3O3. The summed E-state index contributed by atoms with van der Waals surface area (Å²) in [5, 5.41) is 0. The van der Waals surface area contributed by atoms with E-state index in [0.717, 1.165) is 15.6 Å². The molecule has 2 amide bonds. The summed E-state index contributed by atoms with van der Waals surface area (Å²) in [5.41, 5.74) is 1.98. The van der Waals surface area contributed by atoms with Crippen molar-refractivity contribution in [2.24, 2.45) is 0 Å². The molecule has 0 radical (unpaired) electrons. The second kappa shape index (κ2) is 9.50. The summed E-state index contributed by atoms with van der Waals surface area (Å²) in [6.07, 6.45) is 4.23. The highest BCUT2D eigenvalue weighted by atomic mass is 79.9. The number of anilines is 1. The minimum atomic E-state index is -0.333. The third-order valence-electron chi connectivity index (χ3n) is 4.58. The minimum absolute atomic E-state index is 0.0363. The zero-order valence-corrected chi connectivity index (χ0v) is 17.3. The fourth-order valence-electron chi connectivity index (χ4n) is 2.90. The second-order valence-electron chi connectivity index (χ2n) is 6.54. The van der Waals surface area contributed by atoms with E-state index in [1.807, 2.05) is 42.5 Å². The smallest absolute Gasteiger partial charge is 0.410 e. The van der Waals surface area contributed by atoms with Crippen LogP contribution in [-0.4, -0.2) is 42.0 Å². The number of benzene rings is 1. The Hall–Kier alpha value is -2.67. The van der Waals surface area contributed by atoms with Crippen LogP contribution in [0.15, 0.2) is 64.8 Å². The number of aromatic nitrogens is 1. The van der Waals surface area contributed by atoms with Gasteiger partial charge in [-0.25, -0.2) is 9.78 Å². The molecule has 3 rings (SSSR count). The highest BCUT2D eigenvalue weighted by Crippen LogP contribution is 2.24. The molecule has 0 saturated heterocycles. The lowest BCUT2D eigenvalue weighted by atomic mass is 10.0. The quantitative estimate of drug-likeness (QED) is 0.650. The zero-order valence-electron chi connectivity index (χ0n) is 15.7. The third kappa shape index (κ3) is 5.19. The monoisotopic (exact) mass is 443 g/mol. The summed E-state index contributed by atoms with van der Waals surface area (Å²) in [5.74, 6) is 0.556. The van der Waals surface area contributed by atoms with Crippen LogP contribution in [-0.2, 0) is 16.1 Å². The molecule has 0 aliphatic carbocycles. The van der Waals surface area contributed by atoms with E-state index in [1.165, 1.54) is 0 Å². The van der Waals surface area contributed by atoms with Crippen LogP contribution in [0.3, 0.4) is 0 Å². The van der Waals surface area contributed by atoms with Crippen molar-refractivity contribution in [3.05, 3.63) is 70.3 Å². The number of halogens is 1. The summed E-state index contributed by atoms with van der Waals surface area (Å²) in [6.45, 7) is 1.26. The van der Waals surface area contributed by atoms with Crippen LogP contribution in [0.5, 0.6) is 0 Å². The average Bonchev–Trinajstić information content (AvgIpc) is 2.73. The number of hydrogen-bond acceptors (Lipinski definition) is 4. The van der Waals surface area contributed by atoms with E-state index >= 15 is 0 Å². The summed E-state index contributed by atoms with van der Waals surface area (Å²) in [6, 6.07) is 13.2. The predicted octanol–water partition coefficient (Wildman–Crippen LogP) is 4.17. The first kappa shape index (κ1) is 20.1. The lowest BCUT2D eigenvalue weighted by Gasteiger charge is -2.26. The fraction of sp³-hybridized carbons (Fsp3) is 0.286. The van der Waals surface area contributed by atoms with Crippen LogP contribution in [0.4, 0.5) is 10.6 Å². The topological polar surface area (TPSA) is 62.7 Å². The van der Waals surface area contributed by atoms with E-state index in [1.54, 1.807) is 29.1 Å². The van der Waals surface area contributed by atoms with Gasteiger partial charge < -0.3 is 9.64 Å². The molecule has 0 fully saturated rings. The molecule has 0 saturated carbocycles. The van der Waals surface area contributed by atoms with Gasteiger partial charge in [-0.15, -0.1) is 0 Å². The Morgan fingerprint density at radius 3 is 2.68 bits per heavy atom. The van der Waals surface area contributed by atoms with E-state index in [0.29, 0.717) is 31.7 Å². The Morgan fingerprint density at radius 1 is 1.21 bits per heavy atom. The van der Waals surface area contributed by atoms with Gasteiger partial charge in [0.1, 0.15) is 12.4 Å². The van der Waals surface area contributed by atoms with Crippen molar-refractivity contribution in [2.75, 3.05) is 25.0 Å². The summed E-state index contributed by atoms with van der Waals surface area (Å²) >= 11 is 3.42. The molecule has 146 valence electrons. The fourth-order valence-corrected chi connectivity index (χ4v) is 3.42. The number of amides is 2. The number of carbonyl (C=O) groups excluding carboxylic acids is 2. The van der Waals surface area contributed by atoms with Crippen molar-refractivity contribution in [3.63, 3.8) is 0 Å². The van der Waals surface area contributed by atoms with Gasteiger partial charge in [-0.05, 0) is 40.0 Å². The molecule has 28 heavy (non-hydrogen) atoms. The first-order chi connectivity index (χ1) is 13.5. The standard InChI is InChI=1S/C21H22BrN3O3/c1-24(20-18(22)8-5-11-23-20)19(26)14-16-9-12-25(13-10-16)21(27)28-15-17-6-3-2-4-7-17/h2-9,11H,10,12-15H2,1H3. The van der Waals surface area contributed by atoms with Gasteiger partial charge >= 0.3 is 6.09 Å². The molecule has 1 aliphatic rings. The summed E-state index contributed by atoms with van der Waals surface area (Å²) < 4.78 is 6.14. The molecule has 0 N–H and O–H groups in total. The maximum absolute atomic E-state index is 12.6. The van der Waals surface area contributed by atoms with Crippen molar-refractivity contribution in [1.29, 1.82) is 0 Å². The number of nitrogens with zero attached hydrogens (tertiary/aromatic N) is 3. The van der Waals surface area contributed by atoms with Crippen molar-refractivity contribution in [1.82, 2.24) is 9.88 Å². The number of pyridine rings is 1. The molecule has 6 nitrogen and oxygen atoms in total. The normalized spacial score (nSPS) is 13.6. The number of ether oxygens (including phenoxy) is 1. The first-order valence-electron chi connectivity index (χ1n) is 9.05. The van der Waals surface area contributed by atoms with Crippen molar-refractivity contribution < 1.29 is 14.3 Å². The van der Waals surface area contributed by atoms with Gasteiger partial charge in [0.25, 0.3) is 0 Å². The SMILES string of the molecule is CN(C(=O)CC1=CCN(C(=O)OCc2ccccc2)CC1)c1ncccc1Br. The highest BCUT2D eigenvalue weighted by Gasteiger charge is 2.21. The summed E-state index contributed by atoms with van der Waals surface area (Å²) in [4.78, 5) is 32.2. The van der Waals surface area contributed by atoms with E-state index in [-0.39, 0.29) is 18.6 Å². The predicted molar refractivity (Wildman–Crippen MR) is 111 cm³/mol. The Kier molecular flexibility index (Phi) is 6.81. The molecule has 2 heterocycles. The Morgan fingerprint density at radius 2 is 2.00 bits per heavy atom. The van der Waals surface area contributed by atoms with Gasteiger partial charge in [0.15, 0.2) is 0 Å². The maximum Gasteiger partial charge on any atom is 0.410 e. The molecule has 0 atom stereocenters. The molecule has 0 unspecified atom stereocenters. The second-order valence-corrected chi connectivity index (χ2v) is 7.39. The molecule has 1 aromatic heterocycles. The lowest BCUT2D eigenvalue weighted by Crippen LogP contribution is -2.36. The van der Waals surface area contributed by atoms with Gasteiger partial charge in [0.2, 0.25) is 5.91 Å². The van der Waals surface area contributed by atoms with E-state index in [2.05, 4.69) is 20.9 Å². The van der Waals surface area contributed by atoms with Crippen LogP contribution in [0.1, 0.15) is 18.4 Å². The largest absolute Gasteiger partial charge is 0.445 e. The van der Waals surface area contributed by atoms with Crippen LogP contribution >= 0.6 is 15.9 Å². The van der Waals surface area contributed by atoms with E-state index < -0.39 is 0 Å². The van der Waals surface area contributed by atoms with Gasteiger partial charge in [0, 0.05) is 32.8 Å². The molecule has 2 aromatic rings. The molecule has 0 bridgehead atoms. The van der Waals surface area contributed by atoms with Crippen LogP contribution in [0.25, 0.3) is 0 Å². The van der Waals surface area contributed by atoms with Crippen molar-refractivity contribution in [2.45, 2.75) is 19.4 Å². The van der Waals surface area contributed by atoms with Gasteiger partial charge in [-0.1, -0.05) is 42.0 Å². The third-order valence-corrected chi connectivity index (χ3v) is 5.19.